The lowest BCUT2D eigenvalue weighted by molar-refractivity contribution is -0.117. The molecule has 4 nitrogen and oxygen atoms in total. The minimum Gasteiger partial charge on any atom is -0.330 e. The molecule has 0 fully saturated rings. The fourth-order valence-electron chi connectivity index (χ4n) is 2.05. The van der Waals surface area contributed by atoms with Crippen LogP contribution in [0.15, 0.2) is 18.2 Å². The van der Waals surface area contributed by atoms with Gasteiger partial charge >= 0.3 is 0 Å². The molecule has 1 amide bonds. The second-order valence-electron chi connectivity index (χ2n) is 6.05. The number of nitrogens with zero attached hydrogens (tertiary/aromatic N) is 1. The molecule has 1 rings (SSSR count). The van der Waals surface area contributed by atoms with E-state index in [9.17, 15) is 4.79 Å². The van der Waals surface area contributed by atoms with Crippen LogP contribution in [0.25, 0.3) is 0 Å². The fourth-order valence-corrected chi connectivity index (χ4v) is 2.28. The van der Waals surface area contributed by atoms with Gasteiger partial charge in [0.25, 0.3) is 0 Å². The lowest BCUT2D eigenvalue weighted by atomic mass is 9.93. The van der Waals surface area contributed by atoms with E-state index in [-0.39, 0.29) is 11.3 Å². The number of benzene rings is 1. The van der Waals surface area contributed by atoms with Crippen LogP contribution in [0.1, 0.15) is 19.4 Å². The predicted octanol–water partition coefficient (Wildman–Crippen LogP) is 2.50. The topological polar surface area (TPSA) is 58.4 Å². The first kappa shape index (κ1) is 17.0. The summed E-state index contributed by atoms with van der Waals surface area (Å²) in [5.41, 5.74) is 7.46. The number of anilines is 1. The van der Waals surface area contributed by atoms with Gasteiger partial charge in [0.1, 0.15) is 0 Å². The highest BCUT2D eigenvalue weighted by atomic mass is 35.5. The van der Waals surface area contributed by atoms with Gasteiger partial charge in [-0.05, 0) is 49.7 Å². The van der Waals surface area contributed by atoms with Crippen molar-refractivity contribution in [2.24, 2.45) is 11.1 Å². The molecule has 0 aliphatic carbocycles. The number of nitrogens with one attached hydrogen (secondary N) is 1. The molecular formula is C15H24ClN3O. The van der Waals surface area contributed by atoms with Crippen molar-refractivity contribution in [3.05, 3.63) is 28.8 Å². The molecule has 3 N–H and O–H groups in total. The number of hydrogen-bond acceptors (Lipinski definition) is 3. The van der Waals surface area contributed by atoms with Crippen molar-refractivity contribution in [1.29, 1.82) is 0 Å². The lowest BCUT2D eigenvalue weighted by Crippen LogP contribution is -2.40. The smallest absolute Gasteiger partial charge is 0.238 e. The molecule has 112 valence electrons. The van der Waals surface area contributed by atoms with E-state index < -0.39 is 0 Å². The largest absolute Gasteiger partial charge is 0.330 e. The minimum absolute atomic E-state index is 0.00518. The van der Waals surface area contributed by atoms with Gasteiger partial charge in [0.15, 0.2) is 0 Å². The van der Waals surface area contributed by atoms with Crippen LogP contribution in [0.5, 0.6) is 0 Å². The zero-order valence-electron chi connectivity index (χ0n) is 12.7. The second-order valence-corrected chi connectivity index (χ2v) is 6.48. The quantitative estimate of drug-likeness (QED) is 0.848. The summed E-state index contributed by atoms with van der Waals surface area (Å²) >= 11 is 5.89. The first-order chi connectivity index (χ1) is 9.23. The van der Waals surface area contributed by atoms with Gasteiger partial charge in [-0.3, -0.25) is 9.69 Å². The summed E-state index contributed by atoms with van der Waals surface area (Å²) in [6, 6.07) is 5.42. The Labute approximate surface area is 126 Å². The number of hydrogen-bond donors (Lipinski definition) is 2. The van der Waals surface area contributed by atoms with E-state index >= 15 is 0 Å². The van der Waals surface area contributed by atoms with Crippen molar-refractivity contribution >= 4 is 23.2 Å². The van der Waals surface area contributed by atoms with Crippen LogP contribution < -0.4 is 11.1 Å². The molecule has 20 heavy (non-hydrogen) atoms. The summed E-state index contributed by atoms with van der Waals surface area (Å²) in [6.45, 7) is 7.80. The maximum atomic E-state index is 12.0. The van der Waals surface area contributed by atoms with Crippen LogP contribution in [0, 0.1) is 12.3 Å². The number of carbonyl (C=O) groups excluding carboxylic acids is 1. The molecule has 5 heteroatoms. The zero-order valence-corrected chi connectivity index (χ0v) is 13.4. The maximum absolute atomic E-state index is 12.0. The molecule has 0 unspecified atom stereocenters. The Bertz CT molecular complexity index is 474. The monoisotopic (exact) mass is 297 g/mol. The summed E-state index contributed by atoms with van der Waals surface area (Å²) in [6.07, 6.45) is 0. The molecule has 0 spiro atoms. The molecule has 0 saturated carbocycles. The Balaban J connectivity index is 2.55. The standard InChI is InChI=1S/C15H24ClN3O/c1-11-7-12(16)5-6-13(11)18-14(20)8-19(4)10-15(2,3)9-17/h5-7H,8-10,17H2,1-4H3,(H,18,20). The van der Waals surface area contributed by atoms with Gasteiger partial charge in [0.05, 0.1) is 6.54 Å². The third kappa shape index (κ3) is 5.49. The predicted molar refractivity (Wildman–Crippen MR) is 85.2 cm³/mol. The highest BCUT2D eigenvalue weighted by Crippen LogP contribution is 2.19. The molecule has 0 bridgehead atoms. The van der Waals surface area contributed by atoms with Gasteiger partial charge in [0.2, 0.25) is 5.91 Å². The van der Waals surface area contributed by atoms with E-state index in [2.05, 4.69) is 19.2 Å². The van der Waals surface area contributed by atoms with Gasteiger partial charge in [-0.25, -0.2) is 0 Å². The SMILES string of the molecule is Cc1cc(Cl)ccc1NC(=O)CN(C)CC(C)(C)CN. The molecule has 1 aromatic carbocycles. The van der Waals surface area contributed by atoms with E-state index in [1.165, 1.54) is 0 Å². The number of aryl methyl sites for hydroxylation is 1. The van der Waals surface area contributed by atoms with Gasteiger partial charge < -0.3 is 11.1 Å². The second kappa shape index (κ2) is 7.07. The number of halogens is 1. The van der Waals surface area contributed by atoms with Crippen LogP contribution in [-0.2, 0) is 4.79 Å². The van der Waals surface area contributed by atoms with Crippen molar-refractivity contribution < 1.29 is 4.79 Å². The van der Waals surface area contributed by atoms with Crippen LogP contribution in [0.2, 0.25) is 5.02 Å². The molecule has 0 aliphatic rings. The lowest BCUT2D eigenvalue weighted by Gasteiger charge is -2.28. The highest BCUT2D eigenvalue weighted by molar-refractivity contribution is 6.30. The summed E-state index contributed by atoms with van der Waals surface area (Å²) in [5, 5.41) is 3.57. The van der Waals surface area contributed by atoms with Crippen molar-refractivity contribution in [3.8, 4) is 0 Å². The fraction of sp³-hybridized carbons (Fsp3) is 0.533. The molecular weight excluding hydrogens is 274 g/mol. The normalized spacial score (nSPS) is 11.8. The van der Waals surface area contributed by atoms with Gasteiger partial charge in [-0.15, -0.1) is 0 Å². The molecule has 0 saturated heterocycles. The Kier molecular flexibility index (Phi) is 5.99. The summed E-state index contributed by atoms with van der Waals surface area (Å²) < 4.78 is 0. The number of nitrogens with two attached hydrogens (primary N) is 1. The molecule has 0 aliphatic heterocycles. The minimum atomic E-state index is -0.0363. The summed E-state index contributed by atoms with van der Waals surface area (Å²) in [7, 11) is 1.92. The Morgan fingerprint density at radius 3 is 2.65 bits per heavy atom. The number of likely N-dealkylation sites (N-methyl/N-ethyl adjacent to an activating group) is 1. The van der Waals surface area contributed by atoms with Crippen LogP contribution in [0.3, 0.4) is 0 Å². The summed E-state index contributed by atoms with van der Waals surface area (Å²) in [5.74, 6) is -0.0363. The molecule has 0 atom stereocenters. The van der Waals surface area contributed by atoms with Crippen LogP contribution in [-0.4, -0.2) is 37.5 Å². The first-order valence-electron chi connectivity index (χ1n) is 6.68. The number of rotatable bonds is 6. The van der Waals surface area contributed by atoms with Gasteiger partial charge in [0, 0.05) is 17.3 Å². The molecule has 1 aromatic rings. The molecule has 0 radical (unpaired) electrons. The average molecular weight is 298 g/mol. The third-order valence-corrected chi connectivity index (χ3v) is 3.36. The van der Waals surface area contributed by atoms with Crippen LogP contribution >= 0.6 is 11.6 Å². The third-order valence-electron chi connectivity index (χ3n) is 3.13. The van der Waals surface area contributed by atoms with Crippen molar-refractivity contribution in [2.75, 3.05) is 32.0 Å². The number of carbonyl (C=O) groups is 1. The zero-order chi connectivity index (χ0) is 15.3. The summed E-state index contributed by atoms with van der Waals surface area (Å²) in [4.78, 5) is 14.0. The first-order valence-corrected chi connectivity index (χ1v) is 7.06. The van der Waals surface area contributed by atoms with Crippen molar-refractivity contribution in [3.63, 3.8) is 0 Å². The molecule has 0 heterocycles. The van der Waals surface area contributed by atoms with Gasteiger partial charge in [-0.2, -0.15) is 0 Å². The maximum Gasteiger partial charge on any atom is 0.238 e. The van der Waals surface area contributed by atoms with E-state index in [0.29, 0.717) is 18.1 Å². The average Bonchev–Trinajstić information content (AvgIpc) is 2.32. The van der Waals surface area contributed by atoms with E-state index in [1.807, 2.05) is 31.0 Å². The molecule has 0 aromatic heterocycles. The van der Waals surface area contributed by atoms with E-state index in [4.69, 9.17) is 17.3 Å². The van der Waals surface area contributed by atoms with Crippen molar-refractivity contribution in [1.82, 2.24) is 4.90 Å². The Morgan fingerprint density at radius 1 is 1.45 bits per heavy atom. The van der Waals surface area contributed by atoms with Gasteiger partial charge in [-0.1, -0.05) is 25.4 Å². The van der Waals surface area contributed by atoms with E-state index in [1.54, 1.807) is 6.07 Å². The number of amides is 1. The Morgan fingerprint density at radius 2 is 2.10 bits per heavy atom. The van der Waals surface area contributed by atoms with Crippen LogP contribution in [0.4, 0.5) is 5.69 Å². The van der Waals surface area contributed by atoms with E-state index in [0.717, 1.165) is 17.8 Å². The van der Waals surface area contributed by atoms with Crippen molar-refractivity contribution in [2.45, 2.75) is 20.8 Å². The highest BCUT2D eigenvalue weighted by Gasteiger charge is 2.19. The Hall–Kier alpha value is -1.10.